The van der Waals surface area contributed by atoms with Gasteiger partial charge >= 0.3 is 0 Å². The van der Waals surface area contributed by atoms with Crippen molar-refractivity contribution in [2.75, 3.05) is 20.3 Å². The molecule has 1 rings (SSSR count). The first-order valence-corrected chi connectivity index (χ1v) is 5.61. The van der Waals surface area contributed by atoms with E-state index >= 15 is 0 Å². The highest BCUT2D eigenvalue weighted by atomic mass is 16.5. The van der Waals surface area contributed by atoms with Gasteiger partial charge in [-0.25, -0.2) is 0 Å². The van der Waals surface area contributed by atoms with Crippen LogP contribution in [0.3, 0.4) is 0 Å². The van der Waals surface area contributed by atoms with Crippen LogP contribution < -0.4 is 10.6 Å². The number of methoxy groups -OCH3 is 1. The molecule has 1 unspecified atom stereocenters. The molecule has 0 saturated carbocycles. The second kappa shape index (κ2) is 7.03. The molecule has 1 aromatic rings. The molecule has 1 amide bonds. The molecular weight excluding hydrogens is 220 g/mol. The van der Waals surface area contributed by atoms with Gasteiger partial charge in [-0.1, -0.05) is 0 Å². The SMILES string of the molecule is COCCNC(=O)C(C)NCc1cnn(C)c1. The molecule has 6 heteroatoms. The molecule has 6 nitrogen and oxygen atoms in total. The van der Waals surface area contributed by atoms with Gasteiger partial charge in [-0.2, -0.15) is 5.10 Å². The highest BCUT2D eigenvalue weighted by molar-refractivity contribution is 5.81. The number of nitrogens with one attached hydrogen (secondary N) is 2. The third-order valence-electron chi connectivity index (χ3n) is 2.37. The topological polar surface area (TPSA) is 68.2 Å². The van der Waals surface area contributed by atoms with Crippen LogP contribution in [-0.2, 0) is 23.1 Å². The zero-order valence-corrected chi connectivity index (χ0v) is 10.6. The molecule has 0 spiro atoms. The van der Waals surface area contributed by atoms with Crippen LogP contribution in [0.4, 0.5) is 0 Å². The molecule has 1 aromatic heterocycles. The number of aryl methyl sites for hydroxylation is 1. The fourth-order valence-electron chi connectivity index (χ4n) is 1.36. The maximum Gasteiger partial charge on any atom is 0.236 e. The summed E-state index contributed by atoms with van der Waals surface area (Å²) in [4.78, 5) is 11.6. The minimum absolute atomic E-state index is 0.0223. The summed E-state index contributed by atoms with van der Waals surface area (Å²) in [6.45, 7) is 3.53. The number of amides is 1. The lowest BCUT2D eigenvalue weighted by atomic mass is 10.3. The Hall–Kier alpha value is -1.40. The Morgan fingerprint density at radius 3 is 3.00 bits per heavy atom. The number of ether oxygens (including phenoxy) is 1. The van der Waals surface area contributed by atoms with Crippen molar-refractivity contribution in [3.8, 4) is 0 Å². The maximum atomic E-state index is 11.6. The fraction of sp³-hybridized carbons (Fsp3) is 0.636. The van der Waals surface area contributed by atoms with Crippen molar-refractivity contribution in [2.24, 2.45) is 7.05 Å². The van der Waals surface area contributed by atoms with Crippen LogP contribution in [-0.4, -0.2) is 42.0 Å². The van der Waals surface area contributed by atoms with Crippen LogP contribution in [0.2, 0.25) is 0 Å². The maximum absolute atomic E-state index is 11.6. The van der Waals surface area contributed by atoms with Crippen LogP contribution in [0.15, 0.2) is 12.4 Å². The molecule has 0 bridgehead atoms. The molecule has 1 atom stereocenters. The quantitative estimate of drug-likeness (QED) is 0.640. The smallest absolute Gasteiger partial charge is 0.236 e. The van der Waals surface area contributed by atoms with E-state index in [9.17, 15) is 4.79 Å². The van der Waals surface area contributed by atoms with Crippen LogP contribution in [0.25, 0.3) is 0 Å². The van der Waals surface area contributed by atoms with E-state index in [1.807, 2.05) is 20.2 Å². The molecule has 0 aliphatic carbocycles. The average molecular weight is 240 g/mol. The van der Waals surface area contributed by atoms with Gasteiger partial charge in [0.25, 0.3) is 0 Å². The number of carbonyl (C=O) groups excluding carboxylic acids is 1. The van der Waals surface area contributed by atoms with E-state index in [4.69, 9.17) is 4.74 Å². The van der Waals surface area contributed by atoms with Gasteiger partial charge in [-0.15, -0.1) is 0 Å². The zero-order chi connectivity index (χ0) is 12.7. The Labute approximate surface area is 101 Å². The van der Waals surface area contributed by atoms with Crippen molar-refractivity contribution in [2.45, 2.75) is 19.5 Å². The van der Waals surface area contributed by atoms with Crippen molar-refractivity contribution < 1.29 is 9.53 Å². The predicted molar refractivity (Wildman–Crippen MR) is 64.4 cm³/mol. The van der Waals surface area contributed by atoms with Gasteiger partial charge in [0.2, 0.25) is 5.91 Å². The molecule has 0 fully saturated rings. The average Bonchev–Trinajstić information content (AvgIpc) is 2.72. The molecular formula is C11H20N4O2. The number of hydrogen-bond donors (Lipinski definition) is 2. The molecule has 0 saturated heterocycles. The first kappa shape index (κ1) is 13.7. The standard InChI is InChI=1S/C11H20N4O2/c1-9(11(16)12-4-5-17-3)13-6-10-7-14-15(2)8-10/h7-9,13H,4-6H2,1-3H3,(H,12,16). The third kappa shape index (κ3) is 4.97. The summed E-state index contributed by atoms with van der Waals surface area (Å²) in [6, 6.07) is -0.230. The van der Waals surface area contributed by atoms with Gasteiger partial charge < -0.3 is 15.4 Å². The van der Waals surface area contributed by atoms with E-state index in [0.29, 0.717) is 19.7 Å². The van der Waals surface area contributed by atoms with Gasteiger partial charge in [-0.05, 0) is 6.92 Å². The lowest BCUT2D eigenvalue weighted by molar-refractivity contribution is -0.122. The first-order valence-electron chi connectivity index (χ1n) is 5.61. The number of nitrogens with zero attached hydrogens (tertiary/aromatic N) is 2. The second-order valence-corrected chi connectivity index (χ2v) is 3.91. The highest BCUT2D eigenvalue weighted by Crippen LogP contribution is 1.96. The number of rotatable bonds is 7. The second-order valence-electron chi connectivity index (χ2n) is 3.91. The van der Waals surface area contributed by atoms with Crippen molar-refractivity contribution in [1.82, 2.24) is 20.4 Å². The van der Waals surface area contributed by atoms with E-state index in [2.05, 4.69) is 15.7 Å². The molecule has 1 heterocycles. The lowest BCUT2D eigenvalue weighted by Crippen LogP contribution is -2.42. The van der Waals surface area contributed by atoms with Gasteiger partial charge in [-0.3, -0.25) is 9.48 Å². The fourth-order valence-corrected chi connectivity index (χ4v) is 1.36. The van der Waals surface area contributed by atoms with E-state index in [0.717, 1.165) is 5.56 Å². The summed E-state index contributed by atoms with van der Waals surface area (Å²) >= 11 is 0. The highest BCUT2D eigenvalue weighted by Gasteiger charge is 2.11. The number of hydrogen-bond acceptors (Lipinski definition) is 4. The predicted octanol–water partition coefficient (Wildman–Crippen LogP) is -0.339. The van der Waals surface area contributed by atoms with Crippen molar-refractivity contribution in [3.63, 3.8) is 0 Å². The first-order chi connectivity index (χ1) is 8.13. The number of aromatic nitrogens is 2. The lowest BCUT2D eigenvalue weighted by Gasteiger charge is -2.13. The monoisotopic (exact) mass is 240 g/mol. The summed E-state index contributed by atoms with van der Waals surface area (Å²) < 4.78 is 6.59. The van der Waals surface area contributed by atoms with E-state index in [-0.39, 0.29) is 11.9 Å². The Morgan fingerprint density at radius 2 is 2.41 bits per heavy atom. The summed E-state index contributed by atoms with van der Waals surface area (Å²) in [7, 11) is 3.47. The summed E-state index contributed by atoms with van der Waals surface area (Å²) in [5.41, 5.74) is 1.06. The van der Waals surface area contributed by atoms with Crippen molar-refractivity contribution >= 4 is 5.91 Å². The van der Waals surface area contributed by atoms with Crippen LogP contribution in [0.5, 0.6) is 0 Å². The van der Waals surface area contributed by atoms with E-state index < -0.39 is 0 Å². The van der Waals surface area contributed by atoms with Gasteiger partial charge in [0.1, 0.15) is 0 Å². The minimum Gasteiger partial charge on any atom is -0.383 e. The number of carbonyl (C=O) groups is 1. The van der Waals surface area contributed by atoms with E-state index in [1.165, 1.54) is 0 Å². The van der Waals surface area contributed by atoms with Crippen LogP contribution in [0.1, 0.15) is 12.5 Å². The van der Waals surface area contributed by atoms with Gasteiger partial charge in [0.15, 0.2) is 0 Å². The Bertz CT molecular complexity index is 351. The van der Waals surface area contributed by atoms with Crippen molar-refractivity contribution in [1.29, 1.82) is 0 Å². The van der Waals surface area contributed by atoms with Crippen LogP contribution in [0, 0.1) is 0 Å². The van der Waals surface area contributed by atoms with Crippen molar-refractivity contribution in [3.05, 3.63) is 18.0 Å². The molecule has 0 aromatic carbocycles. The summed E-state index contributed by atoms with van der Waals surface area (Å²) in [6.07, 6.45) is 3.70. The van der Waals surface area contributed by atoms with Gasteiger partial charge in [0, 0.05) is 39.0 Å². The Morgan fingerprint density at radius 1 is 1.65 bits per heavy atom. The summed E-state index contributed by atoms with van der Waals surface area (Å²) in [5, 5.41) is 9.97. The molecule has 0 aliphatic heterocycles. The molecule has 96 valence electrons. The van der Waals surface area contributed by atoms with E-state index in [1.54, 1.807) is 18.0 Å². The summed E-state index contributed by atoms with van der Waals surface area (Å²) in [5.74, 6) is -0.0223. The molecule has 0 aliphatic rings. The normalized spacial score (nSPS) is 12.4. The Kier molecular flexibility index (Phi) is 5.65. The molecule has 0 radical (unpaired) electrons. The van der Waals surface area contributed by atoms with Crippen LogP contribution >= 0.6 is 0 Å². The largest absolute Gasteiger partial charge is 0.383 e. The Balaban J connectivity index is 2.24. The zero-order valence-electron chi connectivity index (χ0n) is 10.6. The third-order valence-corrected chi connectivity index (χ3v) is 2.37. The molecule has 17 heavy (non-hydrogen) atoms. The van der Waals surface area contributed by atoms with Gasteiger partial charge in [0.05, 0.1) is 18.8 Å². The molecule has 2 N–H and O–H groups in total. The minimum atomic E-state index is -0.230.